The van der Waals surface area contributed by atoms with Crippen LogP contribution < -0.4 is 0 Å². The highest BCUT2D eigenvalue weighted by molar-refractivity contribution is 5.08. The molecule has 2 aliphatic rings. The molecule has 1 nitrogen and oxygen atoms in total. The summed E-state index contributed by atoms with van der Waals surface area (Å²) in [5, 5.41) is 4.91. The van der Waals surface area contributed by atoms with Crippen molar-refractivity contribution in [3.8, 4) is 0 Å². The second-order valence-corrected chi connectivity index (χ2v) is 5.30. The number of aliphatic hydroxyl groups excluding tert-OH is 1. The Morgan fingerprint density at radius 1 is 1.45 bits per heavy atom. The van der Waals surface area contributed by atoms with Crippen molar-refractivity contribution in [3.05, 3.63) is 0 Å². The summed E-state index contributed by atoms with van der Waals surface area (Å²) >= 11 is 0. The average molecular weight is 155 g/mol. The third kappa shape index (κ3) is 0.752. The average Bonchev–Trinajstić information content (AvgIpc) is 2.39. The summed E-state index contributed by atoms with van der Waals surface area (Å²) < 4.78 is 7.14. The van der Waals surface area contributed by atoms with Crippen LogP contribution in [0.4, 0.5) is 0 Å². The lowest BCUT2D eigenvalue weighted by molar-refractivity contribution is -0.0340. The van der Waals surface area contributed by atoms with E-state index in [0.29, 0.717) is 5.41 Å². The molecule has 64 valence electrons. The highest BCUT2D eigenvalue weighted by Crippen LogP contribution is 2.62. The van der Waals surface area contributed by atoms with Gasteiger partial charge in [0.2, 0.25) is 1.43 Å². The molecular formula is C10H18O. The molecule has 0 aromatic carbocycles. The molecule has 0 aromatic rings. The first-order valence-electron chi connectivity index (χ1n) is 5.03. The Hall–Kier alpha value is -0.0400. The van der Waals surface area contributed by atoms with E-state index in [1.807, 2.05) is 0 Å². The molecule has 0 aromatic heterocycles. The predicted octanol–water partition coefficient (Wildman–Crippen LogP) is 2.19. The lowest BCUT2D eigenvalue weighted by atomic mass is 9.70. The van der Waals surface area contributed by atoms with Crippen LogP contribution in [0, 0.1) is 16.7 Å². The summed E-state index contributed by atoms with van der Waals surface area (Å²) in [5.41, 5.74) is 0.532. The molecule has 0 heterocycles. The first kappa shape index (κ1) is 6.47. The zero-order valence-corrected chi connectivity index (χ0v) is 7.68. The van der Waals surface area contributed by atoms with Crippen LogP contribution in [-0.2, 0) is 0 Å². The Morgan fingerprint density at radius 3 is 2.55 bits per heavy atom. The van der Waals surface area contributed by atoms with E-state index in [4.69, 9.17) is 6.54 Å². The maximum Gasteiger partial charge on any atom is 0.211 e. The monoisotopic (exact) mass is 155 g/mol. The predicted molar refractivity (Wildman–Crippen MR) is 45.2 cm³/mol. The Labute approximate surface area is 70.3 Å². The zero-order valence-electron chi connectivity index (χ0n) is 8.68. The Balaban J connectivity index is 2.31. The fourth-order valence-electron chi connectivity index (χ4n) is 3.26. The molecule has 3 unspecified atom stereocenters. The van der Waals surface area contributed by atoms with E-state index in [2.05, 4.69) is 20.8 Å². The normalized spacial score (nSPS) is 54.6. The van der Waals surface area contributed by atoms with Gasteiger partial charge in [-0.1, -0.05) is 20.8 Å². The number of hydrogen-bond acceptors (Lipinski definition) is 1. The van der Waals surface area contributed by atoms with Crippen LogP contribution in [-0.4, -0.2) is 12.6 Å². The van der Waals surface area contributed by atoms with Crippen LogP contribution in [0.3, 0.4) is 0 Å². The molecule has 11 heavy (non-hydrogen) atoms. The van der Waals surface area contributed by atoms with Crippen LogP contribution in [0.5, 0.6) is 0 Å². The Bertz CT molecular complexity index is 197. The third-order valence-corrected chi connectivity index (χ3v) is 4.14. The maximum absolute atomic E-state index is 7.14. The van der Waals surface area contributed by atoms with Gasteiger partial charge in [-0.05, 0) is 36.0 Å². The molecule has 2 fully saturated rings. The second-order valence-electron chi connectivity index (χ2n) is 5.30. The minimum absolute atomic E-state index is 0.156. The van der Waals surface area contributed by atoms with Crippen molar-refractivity contribution in [1.29, 1.82) is 1.43 Å². The van der Waals surface area contributed by atoms with Gasteiger partial charge in [-0.3, -0.25) is 0 Å². The minimum atomic E-state index is 0.156. The van der Waals surface area contributed by atoms with Gasteiger partial charge in [-0.2, -0.15) is 0 Å². The molecular weight excluding hydrogens is 136 g/mol. The topological polar surface area (TPSA) is 20.2 Å². The second kappa shape index (κ2) is 1.82. The number of fused-ring (bicyclic) bond motifs is 2. The quantitative estimate of drug-likeness (QED) is 0.615. The van der Waals surface area contributed by atoms with Crippen molar-refractivity contribution in [2.24, 2.45) is 16.7 Å². The maximum atomic E-state index is 7.14. The molecule has 0 radical (unpaired) electrons. The molecule has 2 bridgehead atoms. The molecule has 1 heteroatoms. The standard InChI is InChI=1S/C10H18O/c1-9(2)7-4-5-10(3,6-7)8(9)11/h7-8,11H,4-6H2,1-3H3/i11D. The van der Waals surface area contributed by atoms with E-state index in [0.717, 1.165) is 5.92 Å². The summed E-state index contributed by atoms with van der Waals surface area (Å²) in [5.74, 6) is 0.790. The first-order chi connectivity index (χ1) is 5.50. The summed E-state index contributed by atoms with van der Waals surface area (Å²) in [6.07, 6.45) is 4.01. The Morgan fingerprint density at radius 2 is 2.18 bits per heavy atom. The third-order valence-electron chi connectivity index (χ3n) is 4.14. The van der Waals surface area contributed by atoms with Gasteiger partial charge in [0, 0.05) is 0 Å². The van der Waals surface area contributed by atoms with Crippen molar-refractivity contribution in [1.82, 2.24) is 0 Å². The minimum Gasteiger partial charge on any atom is -0.392 e. The van der Waals surface area contributed by atoms with Gasteiger partial charge in [-0.25, -0.2) is 0 Å². The van der Waals surface area contributed by atoms with Crippen LogP contribution in [0.2, 0.25) is 0 Å². The number of aliphatic hydroxyl groups is 1. The van der Waals surface area contributed by atoms with Crippen LogP contribution in [0.25, 0.3) is 0 Å². The summed E-state index contributed by atoms with van der Waals surface area (Å²) in [4.78, 5) is 0. The zero-order chi connectivity index (χ0) is 8.98. The van der Waals surface area contributed by atoms with Crippen LogP contribution in [0.1, 0.15) is 40.0 Å². The molecule has 0 amide bonds. The van der Waals surface area contributed by atoms with Gasteiger partial charge in [-0.15, -0.1) is 0 Å². The van der Waals surface area contributed by atoms with E-state index in [1.54, 1.807) is 0 Å². The number of rotatable bonds is 1. The van der Waals surface area contributed by atoms with Gasteiger partial charge in [0.25, 0.3) is 0 Å². The van der Waals surface area contributed by atoms with Gasteiger partial charge in [0.15, 0.2) is 0 Å². The van der Waals surface area contributed by atoms with Crippen LogP contribution in [0.15, 0.2) is 0 Å². The first-order valence-corrected chi connectivity index (χ1v) is 4.63. The van der Waals surface area contributed by atoms with Crippen molar-refractivity contribution in [2.45, 2.75) is 46.1 Å². The largest absolute Gasteiger partial charge is 0.392 e. The number of hydrogen-bond donors (Lipinski definition) is 1. The smallest absolute Gasteiger partial charge is 0.211 e. The van der Waals surface area contributed by atoms with Gasteiger partial charge >= 0.3 is 0 Å². The highest BCUT2D eigenvalue weighted by Gasteiger charge is 2.58. The van der Waals surface area contributed by atoms with E-state index in [9.17, 15) is 0 Å². The molecule has 2 aliphatic carbocycles. The van der Waals surface area contributed by atoms with Crippen molar-refractivity contribution < 1.29 is 5.11 Å². The molecule has 2 saturated carbocycles. The van der Waals surface area contributed by atoms with E-state index in [-0.39, 0.29) is 11.5 Å². The Kier molecular flexibility index (Phi) is 1.07. The van der Waals surface area contributed by atoms with Gasteiger partial charge in [0.1, 0.15) is 0 Å². The van der Waals surface area contributed by atoms with E-state index in [1.165, 1.54) is 19.3 Å². The summed E-state index contributed by atoms with van der Waals surface area (Å²) in [6, 6.07) is 0. The molecule has 2 rings (SSSR count). The molecule has 0 saturated heterocycles. The summed E-state index contributed by atoms with van der Waals surface area (Å²) in [7, 11) is 0. The molecule has 3 atom stereocenters. The lowest BCUT2D eigenvalue weighted by Gasteiger charge is -2.38. The van der Waals surface area contributed by atoms with E-state index >= 15 is 0 Å². The van der Waals surface area contributed by atoms with Crippen molar-refractivity contribution in [3.63, 3.8) is 0 Å². The molecule has 1 N–H and O–H groups in total. The van der Waals surface area contributed by atoms with Gasteiger partial charge in [0.05, 0.1) is 6.10 Å². The van der Waals surface area contributed by atoms with Crippen LogP contribution >= 0.6 is 0 Å². The highest BCUT2D eigenvalue weighted by atomic mass is 16.3. The lowest BCUT2D eigenvalue weighted by Crippen LogP contribution is -2.39. The van der Waals surface area contributed by atoms with Crippen molar-refractivity contribution in [2.75, 3.05) is 0 Å². The van der Waals surface area contributed by atoms with Crippen molar-refractivity contribution >= 4 is 0 Å². The molecule has 0 aliphatic heterocycles. The summed E-state index contributed by atoms with van der Waals surface area (Å²) in [6.45, 7) is 6.78. The fraction of sp³-hybridized carbons (Fsp3) is 1.00. The fourth-order valence-corrected chi connectivity index (χ4v) is 3.26. The SMILES string of the molecule is [2H]OC1C2(C)CCC(C2)C1(C)C. The molecule has 0 spiro atoms. The van der Waals surface area contributed by atoms with Gasteiger partial charge < -0.3 is 5.11 Å². The van der Waals surface area contributed by atoms with E-state index < -0.39 is 0 Å².